The number of nitrogens with one attached hydrogen (secondary N) is 1. The van der Waals surface area contributed by atoms with E-state index in [1.54, 1.807) is 12.4 Å². The SMILES string of the molecule is CCC(NCc1ccc(OCc2ccncc2)cc1)c1nnc2n1CCCCC2. The highest BCUT2D eigenvalue weighted by molar-refractivity contribution is 5.27. The lowest BCUT2D eigenvalue weighted by Crippen LogP contribution is -2.24. The summed E-state index contributed by atoms with van der Waals surface area (Å²) < 4.78 is 8.19. The number of hydrogen-bond donors (Lipinski definition) is 1. The molecule has 6 heteroatoms. The van der Waals surface area contributed by atoms with Gasteiger partial charge in [0.15, 0.2) is 0 Å². The molecule has 0 amide bonds. The van der Waals surface area contributed by atoms with Crippen LogP contribution in [0.1, 0.15) is 61.4 Å². The molecule has 1 aromatic carbocycles. The Kier molecular flexibility index (Phi) is 6.52. The van der Waals surface area contributed by atoms with Crippen molar-refractivity contribution >= 4 is 0 Å². The van der Waals surface area contributed by atoms with Crippen LogP contribution in [0.2, 0.25) is 0 Å². The van der Waals surface area contributed by atoms with Crippen LogP contribution in [-0.2, 0) is 26.1 Å². The molecule has 0 saturated heterocycles. The van der Waals surface area contributed by atoms with Gasteiger partial charge in [0.2, 0.25) is 0 Å². The number of fused-ring (bicyclic) bond motifs is 1. The van der Waals surface area contributed by atoms with Crippen LogP contribution in [-0.4, -0.2) is 19.7 Å². The number of benzene rings is 1. The normalized spacial score (nSPS) is 14.8. The highest BCUT2D eigenvalue weighted by Gasteiger charge is 2.20. The van der Waals surface area contributed by atoms with Gasteiger partial charge in [0.25, 0.3) is 0 Å². The first-order chi connectivity index (χ1) is 14.3. The van der Waals surface area contributed by atoms with Crippen molar-refractivity contribution in [1.29, 1.82) is 0 Å². The number of nitrogens with zero attached hydrogens (tertiary/aromatic N) is 4. The minimum Gasteiger partial charge on any atom is -0.489 e. The van der Waals surface area contributed by atoms with Gasteiger partial charge in [-0.1, -0.05) is 25.5 Å². The lowest BCUT2D eigenvalue weighted by atomic mass is 10.1. The smallest absolute Gasteiger partial charge is 0.150 e. The Bertz CT molecular complexity index is 891. The monoisotopic (exact) mass is 391 g/mol. The number of aryl methyl sites for hydroxylation is 1. The minimum absolute atomic E-state index is 0.219. The Balaban J connectivity index is 1.34. The van der Waals surface area contributed by atoms with Crippen LogP contribution in [0.5, 0.6) is 5.75 Å². The molecule has 3 heterocycles. The van der Waals surface area contributed by atoms with Crippen molar-refractivity contribution < 1.29 is 4.74 Å². The van der Waals surface area contributed by atoms with Gasteiger partial charge >= 0.3 is 0 Å². The average Bonchev–Trinajstić information content (AvgIpc) is 3.02. The van der Waals surface area contributed by atoms with Gasteiger partial charge < -0.3 is 14.6 Å². The molecule has 1 aliphatic heterocycles. The third-order valence-corrected chi connectivity index (χ3v) is 5.49. The Hall–Kier alpha value is -2.73. The molecule has 6 nitrogen and oxygen atoms in total. The molecule has 1 aliphatic rings. The maximum Gasteiger partial charge on any atom is 0.150 e. The zero-order chi connectivity index (χ0) is 19.9. The molecule has 1 N–H and O–H groups in total. The van der Waals surface area contributed by atoms with Gasteiger partial charge in [0, 0.05) is 31.9 Å². The topological polar surface area (TPSA) is 64.9 Å². The molecule has 2 aromatic heterocycles. The Morgan fingerprint density at radius 3 is 2.62 bits per heavy atom. The molecule has 3 aromatic rings. The highest BCUT2D eigenvalue weighted by Crippen LogP contribution is 2.21. The third kappa shape index (κ3) is 5.01. The predicted molar refractivity (Wildman–Crippen MR) is 112 cm³/mol. The molecule has 0 radical (unpaired) electrons. The summed E-state index contributed by atoms with van der Waals surface area (Å²) in [5.74, 6) is 3.11. The number of ether oxygens (including phenoxy) is 1. The molecule has 1 atom stereocenters. The van der Waals surface area contributed by atoms with Crippen LogP contribution >= 0.6 is 0 Å². The first-order valence-electron chi connectivity index (χ1n) is 10.6. The summed E-state index contributed by atoms with van der Waals surface area (Å²) in [6.07, 6.45) is 9.32. The van der Waals surface area contributed by atoms with Crippen molar-refractivity contribution in [1.82, 2.24) is 25.1 Å². The number of hydrogen-bond acceptors (Lipinski definition) is 5. The van der Waals surface area contributed by atoms with Gasteiger partial charge in [-0.2, -0.15) is 0 Å². The summed E-state index contributed by atoms with van der Waals surface area (Å²) in [6.45, 7) is 4.59. The van der Waals surface area contributed by atoms with Crippen LogP contribution in [0.4, 0.5) is 0 Å². The summed E-state index contributed by atoms with van der Waals surface area (Å²) in [6, 6.07) is 12.4. The van der Waals surface area contributed by atoms with Crippen LogP contribution < -0.4 is 10.1 Å². The van der Waals surface area contributed by atoms with Gasteiger partial charge in [0.1, 0.15) is 24.0 Å². The second-order valence-corrected chi connectivity index (χ2v) is 7.57. The van der Waals surface area contributed by atoms with Crippen molar-refractivity contribution in [2.45, 2.75) is 64.8 Å². The van der Waals surface area contributed by atoms with E-state index in [0.717, 1.165) is 48.9 Å². The molecule has 29 heavy (non-hydrogen) atoms. The van der Waals surface area contributed by atoms with E-state index in [9.17, 15) is 0 Å². The van der Waals surface area contributed by atoms with E-state index in [-0.39, 0.29) is 6.04 Å². The first-order valence-corrected chi connectivity index (χ1v) is 10.6. The average molecular weight is 392 g/mol. The fourth-order valence-electron chi connectivity index (χ4n) is 3.77. The number of aromatic nitrogens is 4. The van der Waals surface area contributed by atoms with Crippen LogP contribution in [0, 0.1) is 0 Å². The quantitative estimate of drug-likeness (QED) is 0.623. The summed E-state index contributed by atoms with van der Waals surface area (Å²) in [7, 11) is 0. The van der Waals surface area contributed by atoms with E-state index in [1.807, 2.05) is 24.3 Å². The van der Waals surface area contributed by atoms with Crippen molar-refractivity contribution in [3.63, 3.8) is 0 Å². The second kappa shape index (κ2) is 9.65. The molecule has 0 saturated carbocycles. The first kappa shape index (κ1) is 19.6. The maximum absolute atomic E-state index is 5.86. The van der Waals surface area contributed by atoms with Crippen LogP contribution in [0.25, 0.3) is 0 Å². The molecule has 152 valence electrons. The standard InChI is InChI=1S/C23H29N5O/c1-2-21(23-27-26-22-6-4-3-5-15-28(22)23)25-16-18-7-9-20(10-8-18)29-17-19-11-13-24-14-12-19/h7-14,21,25H,2-6,15-17H2,1H3. The zero-order valence-electron chi connectivity index (χ0n) is 17.1. The lowest BCUT2D eigenvalue weighted by molar-refractivity contribution is 0.306. The lowest BCUT2D eigenvalue weighted by Gasteiger charge is -2.18. The zero-order valence-corrected chi connectivity index (χ0v) is 17.1. The summed E-state index contributed by atoms with van der Waals surface area (Å²) in [4.78, 5) is 4.03. The van der Waals surface area contributed by atoms with Crippen molar-refractivity contribution in [2.75, 3.05) is 0 Å². The maximum atomic E-state index is 5.86. The highest BCUT2D eigenvalue weighted by atomic mass is 16.5. The Morgan fingerprint density at radius 2 is 1.83 bits per heavy atom. The van der Waals surface area contributed by atoms with Crippen LogP contribution in [0.15, 0.2) is 48.8 Å². The van der Waals surface area contributed by atoms with E-state index in [4.69, 9.17) is 4.74 Å². The summed E-state index contributed by atoms with van der Waals surface area (Å²) >= 11 is 0. The molecular formula is C23H29N5O. The van der Waals surface area contributed by atoms with Gasteiger partial charge in [-0.05, 0) is 54.7 Å². The predicted octanol–water partition coefficient (Wildman–Crippen LogP) is 4.22. The molecule has 0 bridgehead atoms. The van der Waals surface area contributed by atoms with E-state index in [0.29, 0.717) is 6.61 Å². The molecular weight excluding hydrogens is 362 g/mol. The molecule has 0 fully saturated rings. The molecule has 4 rings (SSSR count). The Labute approximate surface area is 172 Å². The van der Waals surface area contributed by atoms with E-state index in [1.165, 1.54) is 24.8 Å². The molecule has 0 spiro atoms. The summed E-state index contributed by atoms with van der Waals surface area (Å²) in [5, 5.41) is 12.6. The number of rotatable bonds is 8. The largest absolute Gasteiger partial charge is 0.489 e. The fraction of sp³-hybridized carbons (Fsp3) is 0.435. The van der Waals surface area contributed by atoms with Gasteiger partial charge in [0.05, 0.1) is 6.04 Å². The van der Waals surface area contributed by atoms with Crippen molar-refractivity contribution in [2.24, 2.45) is 0 Å². The van der Waals surface area contributed by atoms with Gasteiger partial charge in [-0.15, -0.1) is 10.2 Å². The second-order valence-electron chi connectivity index (χ2n) is 7.57. The minimum atomic E-state index is 0.219. The van der Waals surface area contributed by atoms with Crippen molar-refractivity contribution in [3.05, 3.63) is 71.6 Å². The van der Waals surface area contributed by atoms with Gasteiger partial charge in [-0.3, -0.25) is 4.98 Å². The molecule has 0 aliphatic carbocycles. The molecule has 1 unspecified atom stereocenters. The van der Waals surface area contributed by atoms with E-state index >= 15 is 0 Å². The number of pyridine rings is 1. The fourth-order valence-corrected chi connectivity index (χ4v) is 3.77. The summed E-state index contributed by atoms with van der Waals surface area (Å²) in [5.41, 5.74) is 2.35. The van der Waals surface area contributed by atoms with E-state index in [2.05, 4.69) is 44.1 Å². The third-order valence-electron chi connectivity index (χ3n) is 5.49. The van der Waals surface area contributed by atoms with E-state index < -0.39 is 0 Å². The van der Waals surface area contributed by atoms with Crippen LogP contribution in [0.3, 0.4) is 0 Å². The Morgan fingerprint density at radius 1 is 1.00 bits per heavy atom. The van der Waals surface area contributed by atoms with Crippen molar-refractivity contribution in [3.8, 4) is 5.75 Å². The van der Waals surface area contributed by atoms with Gasteiger partial charge in [-0.25, -0.2) is 0 Å².